The van der Waals surface area contributed by atoms with Gasteiger partial charge in [0.15, 0.2) is 0 Å². The SMILES string of the molecule is Cc1cccc(NCCC2CCNC2)c1[N+](=O)[O-]. The Labute approximate surface area is 107 Å². The number of aryl methyl sites for hydroxylation is 1. The summed E-state index contributed by atoms with van der Waals surface area (Å²) in [5, 5.41) is 17.5. The summed E-state index contributed by atoms with van der Waals surface area (Å²) in [5.74, 6) is 0.696. The van der Waals surface area contributed by atoms with Crippen molar-refractivity contribution in [1.82, 2.24) is 5.32 Å². The summed E-state index contributed by atoms with van der Waals surface area (Å²) in [7, 11) is 0. The molecule has 5 heteroatoms. The summed E-state index contributed by atoms with van der Waals surface area (Å²) >= 11 is 0. The van der Waals surface area contributed by atoms with E-state index in [4.69, 9.17) is 0 Å². The van der Waals surface area contributed by atoms with Gasteiger partial charge in [-0.1, -0.05) is 12.1 Å². The highest BCUT2D eigenvalue weighted by molar-refractivity contribution is 5.64. The molecule has 5 nitrogen and oxygen atoms in total. The molecule has 0 spiro atoms. The van der Waals surface area contributed by atoms with Gasteiger partial charge in [-0.05, 0) is 44.8 Å². The van der Waals surface area contributed by atoms with Crippen LogP contribution in [0.4, 0.5) is 11.4 Å². The molecule has 1 atom stereocenters. The van der Waals surface area contributed by atoms with Crippen molar-refractivity contribution in [3.63, 3.8) is 0 Å². The molecular formula is C13H19N3O2. The van der Waals surface area contributed by atoms with Gasteiger partial charge >= 0.3 is 0 Å². The van der Waals surface area contributed by atoms with Crippen LogP contribution in [0.2, 0.25) is 0 Å². The number of hydrogen-bond acceptors (Lipinski definition) is 4. The van der Waals surface area contributed by atoms with Gasteiger partial charge in [-0.25, -0.2) is 0 Å². The highest BCUT2D eigenvalue weighted by atomic mass is 16.6. The van der Waals surface area contributed by atoms with E-state index < -0.39 is 0 Å². The van der Waals surface area contributed by atoms with E-state index >= 15 is 0 Å². The second-order valence-electron chi connectivity index (χ2n) is 4.80. The third-order valence-corrected chi connectivity index (χ3v) is 3.45. The van der Waals surface area contributed by atoms with E-state index in [0.29, 0.717) is 17.2 Å². The minimum absolute atomic E-state index is 0.196. The molecule has 1 aliphatic rings. The van der Waals surface area contributed by atoms with Crippen molar-refractivity contribution in [1.29, 1.82) is 0 Å². The highest BCUT2D eigenvalue weighted by Gasteiger charge is 2.17. The zero-order chi connectivity index (χ0) is 13.0. The van der Waals surface area contributed by atoms with Crippen molar-refractivity contribution in [3.8, 4) is 0 Å². The van der Waals surface area contributed by atoms with Crippen LogP contribution >= 0.6 is 0 Å². The number of para-hydroxylation sites is 1. The Hall–Kier alpha value is -1.62. The Morgan fingerprint density at radius 2 is 2.39 bits per heavy atom. The summed E-state index contributed by atoms with van der Waals surface area (Å²) in [5.41, 5.74) is 1.53. The van der Waals surface area contributed by atoms with E-state index in [0.717, 1.165) is 26.1 Å². The molecule has 0 aliphatic carbocycles. The lowest BCUT2D eigenvalue weighted by atomic mass is 10.1. The standard InChI is InChI=1S/C13H19N3O2/c1-10-3-2-4-12(13(10)16(17)18)15-8-6-11-5-7-14-9-11/h2-4,11,14-15H,5-9H2,1H3. The number of nitrogens with zero attached hydrogens (tertiary/aromatic N) is 1. The molecule has 1 aromatic carbocycles. The average molecular weight is 249 g/mol. The molecule has 0 bridgehead atoms. The average Bonchev–Trinajstić information content (AvgIpc) is 2.81. The largest absolute Gasteiger partial charge is 0.379 e. The Morgan fingerprint density at radius 3 is 3.06 bits per heavy atom. The molecule has 1 aromatic rings. The summed E-state index contributed by atoms with van der Waals surface area (Å²) in [6.07, 6.45) is 2.26. The van der Waals surface area contributed by atoms with Crippen LogP contribution in [0, 0.1) is 23.0 Å². The third-order valence-electron chi connectivity index (χ3n) is 3.45. The van der Waals surface area contributed by atoms with Crippen molar-refractivity contribution in [2.75, 3.05) is 25.0 Å². The molecule has 1 unspecified atom stereocenters. The quantitative estimate of drug-likeness (QED) is 0.620. The molecule has 0 saturated carbocycles. The molecule has 2 N–H and O–H groups in total. The first kappa shape index (κ1) is 12.8. The fourth-order valence-corrected chi connectivity index (χ4v) is 2.42. The lowest BCUT2D eigenvalue weighted by Crippen LogP contribution is -2.13. The van der Waals surface area contributed by atoms with Gasteiger partial charge in [0.1, 0.15) is 5.69 Å². The van der Waals surface area contributed by atoms with Gasteiger partial charge in [-0.3, -0.25) is 10.1 Å². The maximum Gasteiger partial charge on any atom is 0.295 e. The minimum Gasteiger partial charge on any atom is -0.379 e. The molecule has 1 heterocycles. The summed E-state index contributed by atoms with van der Waals surface area (Å²) < 4.78 is 0. The number of hydrogen-bond donors (Lipinski definition) is 2. The lowest BCUT2D eigenvalue weighted by Gasteiger charge is -2.11. The number of nitrogens with one attached hydrogen (secondary N) is 2. The van der Waals surface area contributed by atoms with E-state index in [9.17, 15) is 10.1 Å². The topological polar surface area (TPSA) is 67.2 Å². The van der Waals surface area contributed by atoms with Gasteiger partial charge in [0.25, 0.3) is 5.69 Å². The van der Waals surface area contributed by atoms with E-state index in [2.05, 4.69) is 10.6 Å². The second-order valence-corrected chi connectivity index (χ2v) is 4.80. The predicted molar refractivity (Wildman–Crippen MR) is 71.9 cm³/mol. The van der Waals surface area contributed by atoms with Gasteiger partial charge in [-0.2, -0.15) is 0 Å². The molecule has 0 aromatic heterocycles. The molecule has 1 saturated heterocycles. The Kier molecular flexibility index (Phi) is 4.15. The van der Waals surface area contributed by atoms with Crippen LogP contribution in [-0.4, -0.2) is 24.6 Å². The van der Waals surface area contributed by atoms with Crippen molar-refractivity contribution >= 4 is 11.4 Å². The Morgan fingerprint density at radius 1 is 1.56 bits per heavy atom. The zero-order valence-electron chi connectivity index (χ0n) is 10.6. The first-order valence-electron chi connectivity index (χ1n) is 6.37. The van der Waals surface area contributed by atoms with Gasteiger partial charge in [0.2, 0.25) is 0 Å². The first-order valence-corrected chi connectivity index (χ1v) is 6.37. The number of nitro benzene ring substituents is 1. The van der Waals surface area contributed by atoms with Crippen LogP contribution in [-0.2, 0) is 0 Å². The fourth-order valence-electron chi connectivity index (χ4n) is 2.42. The smallest absolute Gasteiger partial charge is 0.295 e. The van der Waals surface area contributed by atoms with E-state index in [1.165, 1.54) is 6.42 Å². The molecule has 0 amide bonds. The number of nitro groups is 1. The highest BCUT2D eigenvalue weighted by Crippen LogP contribution is 2.28. The number of rotatable bonds is 5. The first-order chi connectivity index (χ1) is 8.68. The van der Waals surface area contributed by atoms with E-state index in [1.54, 1.807) is 19.1 Å². The summed E-state index contributed by atoms with van der Waals surface area (Å²) in [4.78, 5) is 10.7. The summed E-state index contributed by atoms with van der Waals surface area (Å²) in [6.45, 7) is 4.72. The maximum absolute atomic E-state index is 11.0. The van der Waals surface area contributed by atoms with E-state index in [-0.39, 0.29) is 10.6 Å². The molecule has 1 aliphatic heterocycles. The molecule has 98 valence electrons. The monoisotopic (exact) mass is 249 g/mol. The normalized spacial score (nSPS) is 18.8. The van der Waals surface area contributed by atoms with Crippen LogP contribution in [0.1, 0.15) is 18.4 Å². The Bertz CT molecular complexity index is 428. The van der Waals surface area contributed by atoms with Crippen LogP contribution in [0.15, 0.2) is 18.2 Å². The van der Waals surface area contributed by atoms with Crippen molar-refractivity contribution in [2.45, 2.75) is 19.8 Å². The molecule has 0 radical (unpaired) electrons. The van der Waals surface area contributed by atoms with Crippen molar-refractivity contribution < 1.29 is 4.92 Å². The van der Waals surface area contributed by atoms with Crippen LogP contribution in [0.25, 0.3) is 0 Å². The van der Waals surface area contributed by atoms with Gasteiger partial charge < -0.3 is 10.6 Å². The van der Waals surface area contributed by atoms with Crippen molar-refractivity contribution in [3.05, 3.63) is 33.9 Å². The fraction of sp³-hybridized carbons (Fsp3) is 0.538. The summed E-state index contributed by atoms with van der Waals surface area (Å²) in [6, 6.07) is 5.39. The van der Waals surface area contributed by atoms with Gasteiger partial charge in [0, 0.05) is 12.1 Å². The maximum atomic E-state index is 11.0. The number of benzene rings is 1. The lowest BCUT2D eigenvalue weighted by molar-refractivity contribution is -0.384. The number of anilines is 1. The van der Waals surface area contributed by atoms with Crippen LogP contribution in [0.3, 0.4) is 0 Å². The second kappa shape index (κ2) is 5.82. The molecule has 1 fully saturated rings. The van der Waals surface area contributed by atoms with Crippen molar-refractivity contribution in [2.24, 2.45) is 5.92 Å². The molecule has 2 rings (SSSR count). The van der Waals surface area contributed by atoms with Gasteiger partial charge in [-0.15, -0.1) is 0 Å². The third kappa shape index (κ3) is 2.98. The molecule has 18 heavy (non-hydrogen) atoms. The predicted octanol–water partition coefficient (Wildman–Crippen LogP) is 2.31. The van der Waals surface area contributed by atoms with E-state index in [1.807, 2.05) is 6.07 Å². The van der Waals surface area contributed by atoms with Gasteiger partial charge in [0.05, 0.1) is 4.92 Å². The zero-order valence-corrected chi connectivity index (χ0v) is 10.6. The van der Waals surface area contributed by atoms with Crippen LogP contribution < -0.4 is 10.6 Å². The van der Waals surface area contributed by atoms with Crippen LogP contribution in [0.5, 0.6) is 0 Å². The minimum atomic E-state index is -0.311. The molecular weight excluding hydrogens is 230 g/mol. The Balaban J connectivity index is 1.96.